The Hall–Kier alpha value is -1.08. The Kier molecular flexibility index (Phi) is 5.26. The molecule has 1 fully saturated rings. The summed E-state index contributed by atoms with van der Waals surface area (Å²) in [5.41, 5.74) is 2.36. The summed E-state index contributed by atoms with van der Waals surface area (Å²) in [4.78, 5) is 13.4. The second-order valence-electron chi connectivity index (χ2n) is 7.00. The van der Waals surface area contributed by atoms with Crippen LogP contribution in [-0.4, -0.2) is 75.9 Å². The van der Waals surface area contributed by atoms with Gasteiger partial charge in [0.15, 0.2) is 0 Å². The Bertz CT molecular complexity index is 529. The zero-order valence-electron chi connectivity index (χ0n) is 14.4. The van der Waals surface area contributed by atoms with Crippen molar-refractivity contribution in [2.24, 2.45) is 0 Å². The summed E-state index contributed by atoms with van der Waals surface area (Å²) in [6.07, 6.45) is 3.06. The number of morpholine rings is 1. The number of nitrogens with zero attached hydrogens (tertiary/aromatic N) is 4. The van der Waals surface area contributed by atoms with Gasteiger partial charge in [-0.3, -0.25) is 9.80 Å². The van der Waals surface area contributed by atoms with Crippen molar-refractivity contribution in [3.63, 3.8) is 0 Å². The van der Waals surface area contributed by atoms with Gasteiger partial charge in [-0.05, 0) is 32.8 Å². The monoisotopic (exact) mass is 320 g/mol. The Morgan fingerprint density at radius 3 is 2.70 bits per heavy atom. The van der Waals surface area contributed by atoms with Crippen LogP contribution in [-0.2, 0) is 17.7 Å². The van der Waals surface area contributed by atoms with E-state index in [1.54, 1.807) is 0 Å². The number of aryl methyl sites for hydroxylation is 1. The minimum absolute atomic E-state index is 0.243. The van der Waals surface area contributed by atoms with Crippen molar-refractivity contribution in [3.8, 4) is 0 Å². The Morgan fingerprint density at radius 1 is 1.26 bits per heavy atom. The number of ether oxygens (including phenoxy) is 1. The van der Waals surface area contributed by atoms with Crippen LogP contribution < -0.4 is 0 Å². The van der Waals surface area contributed by atoms with Crippen molar-refractivity contribution in [2.45, 2.75) is 52.0 Å². The second-order valence-corrected chi connectivity index (χ2v) is 7.00. The average Bonchev–Trinajstić information content (AvgIpc) is 2.45. The highest BCUT2D eigenvalue weighted by atomic mass is 16.5. The van der Waals surface area contributed by atoms with Gasteiger partial charge < -0.3 is 9.84 Å². The first-order chi connectivity index (χ1) is 11.0. The van der Waals surface area contributed by atoms with Gasteiger partial charge in [-0.25, -0.2) is 9.97 Å². The molecule has 0 spiro atoms. The standard InChI is InChI=1S/C17H28N4O2/c1-12-7-21(8-13(2)23-12)10-16(22)9-20-5-4-15-6-18-14(3)19-17(15)11-20/h6,12-13,16,22H,4-5,7-11H2,1-3H3/t12-,13-,16-/m0/s1. The summed E-state index contributed by atoms with van der Waals surface area (Å²) < 4.78 is 5.75. The molecule has 0 saturated carbocycles. The minimum Gasteiger partial charge on any atom is -0.390 e. The summed E-state index contributed by atoms with van der Waals surface area (Å²) in [6, 6.07) is 0. The topological polar surface area (TPSA) is 61.7 Å². The lowest BCUT2D eigenvalue weighted by Crippen LogP contribution is -2.50. The van der Waals surface area contributed by atoms with E-state index in [1.165, 1.54) is 5.56 Å². The van der Waals surface area contributed by atoms with Crippen LogP contribution >= 0.6 is 0 Å². The molecule has 0 radical (unpaired) electrons. The third-order valence-electron chi connectivity index (χ3n) is 4.58. The Morgan fingerprint density at radius 2 is 1.96 bits per heavy atom. The highest BCUT2D eigenvalue weighted by Crippen LogP contribution is 2.17. The highest BCUT2D eigenvalue weighted by molar-refractivity contribution is 5.20. The fourth-order valence-electron chi connectivity index (χ4n) is 3.70. The fraction of sp³-hybridized carbons (Fsp3) is 0.765. The van der Waals surface area contributed by atoms with Crippen molar-refractivity contribution in [1.82, 2.24) is 19.8 Å². The molecule has 0 aliphatic carbocycles. The van der Waals surface area contributed by atoms with Gasteiger partial charge in [-0.2, -0.15) is 0 Å². The van der Waals surface area contributed by atoms with Crippen molar-refractivity contribution in [2.75, 3.05) is 32.7 Å². The Labute approximate surface area is 138 Å². The number of hydrogen-bond donors (Lipinski definition) is 1. The quantitative estimate of drug-likeness (QED) is 0.877. The smallest absolute Gasteiger partial charge is 0.125 e. The maximum atomic E-state index is 10.5. The van der Waals surface area contributed by atoms with Crippen molar-refractivity contribution in [3.05, 3.63) is 23.3 Å². The van der Waals surface area contributed by atoms with Gasteiger partial charge >= 0.3 is 0 Å². The average molecular weight is 320 g/mol. The fourth-order valence-corrected chi connectivity index (χ4v) is 3.70. The SMILES string of the molecule is Cc1ncc2c(n1)CN(C[C@H](O)CN1C[C@H](C)O[C@@H](C)C1)CC2. The predicted molar refractivity (Wildman–Crippen MR) is 88.2 cm³/mol. The van der Waals surface area contributed by atoms with Crippen LogP contribution in [0.1, 0.15) is 30.9 Å². The molecule has 1 aromatic heterocycles. The molecule has 6 heteroatoms. The van der Waals surface area contributed by atoms with E-state index >= 15 is 0 Å². The molecule has 128 valence electrons. The zero-order chi connectivity index (χ0) is 16.4. The van der Waals surface area contributed by atoms with Gasteiger partial charge in [0.25, 0.3) is 0 Å². The van der Waals surface area contributed by atoms with Crippen LogP contribution in [0.15, 0.2) is 6.20 Å². The lowest BCUT2D eigenvalue weighted by Gasteiger charge is -2.37. The molecule has 1 saturated heterocycles. The molecule has 0 bridgehead atoms. The summed E-state index contributed by atoms with van der Waals surface area (Å²) in [6.45, 7) is 11.1. The van der Waals surface area contributed by atoms with E-state index in [4.69, 9.17) is 4.74 Å². The van der Waals surface area contributed by atoms with E-state index in [1.807, 2.05) is 13.1 Å². The first-order valence-electron chi connectivity index (χ1n) is 8.59. The van der Waals surface area contributed by atoms with Gasteiger partial charge in [0, 0.05) is 45.5 Å². The van der Waals surface area contributed by atoms with E-state index in [2.05, 4.69) is 33.6 Å². The normalized spacial score (nSPS) is 27.7. The molecule has 23 heavy (non-hydrogen) atoms. The van der Waals surface area contributed by atoms with Crippen LogP contribution in [0.2, 0.25) is 0 Å². The lowest BCUT2D eigenvalue weighted by atomic mass is 10.1. The van der Waals surface area contributed by atoms with Crippen LogP contribution in [0, 0.1) is 6.92 Å². The molecular weight excluding hydrogens is 292 g/mol. The van der Waals surface area contributed by atoms with Crippen LogP contribution in [0.4, 0.5) is 0 Å². The lowest BCUT2D eigenvalue weighted by molar-refractivity contribution is -0.0782. The molecule has 2 aliphatic heterocycles. The predicted octanol–water partition coefficient (Wildman–Crippen LogP) is 0.613. The Balaban J connectivity index is 1.51. The zero-order valence-corrected chi connectivity index (χ0v) is 14.4. The van der Waals surface area contributed by atoms with E-state index in [-0.39, 0.29) is 18.3 Å². The first kappa shape index (κ1) is 16.8. The molecule has 3 heterocycles. The maximum Gasteiger partial charge on any atom is 0.125 e. The van der Waals surface area contributed by atoms with Gasteiger partial charge in [0.2, 0.25) is 0 Å². The number of β-amino-alcohol motifs (C(OH)–C–C–N with tert-alkyl or cyclic N) is 1. The number of fused-ring (bicyclic) bond motifs is 1. The van der Waals surface area contributed by atoms with Crippen LogP contribution in [0.5, 0.6) is 0 Å². The summed E-state index contributed by atoms with van der Waals surface area (Å²) in [5.74, 6) is 0.822. The van der Waals surface area contributed by atoms with Crippen molar-refractivity contribution >= 4 is 0 Å². The first-order valence-corrected chi connectivity index (χ1v) is 8.59. The molecule has 1 aromatic rings. The largest absolute Gasteiger partial charge is 0.390 e. The van der Waals surface area contributed by atoms with Gasteiger partial charge in [0.1, 0.15) is 5.82 Å². The summed E-state index contributed by atoms with van der Waals surface area (Å²) in [7, 11) is 0. The maximum absolute atomic E-state index is 10.5. The summed E-state index contributed by atoms with van der Waals surface area (Å²) >= 11 is 0. The van der Waals surface area contributed by atoms with Crippen LogP contribution in [0.25, 0.3) is 0 Å². The molecular formula is C17H28N4O2. The van der Waals surface area contributed by atoms with Crippen LogP contribution in [0.3, 0.4) is 0 Å². The number of aliphatic hydroxyl groups excluding tert-OH is 1. The molecule has 3 rings (SSSR count). The highest BCUT2D eigenvalue weighted by Gasteiger charge is 2.25. The number of rotatable bonds is 4. The number of hydrogen-bond acceptors (Lipinski definition) is 6. The molecule has 6 nitrogen and oxygen atoms in total. The van der Waals surface area contributed by atoms with E-state index in [0.717, 1.165) is 44.1 Å². The van der Waals surface area contributed by atoms with Crippen molar-refractivity contribution < 1.29 is 9.84 Å². The molecule has 0 amide bonds. The van der Waals surface area contributed by atoms with Crippen molar-refractivity contribution in [1.29, 1.82) is 0 Å². The summed E-state index contributed by atoms with van der Waals surface area (Å²) in [5, 5.41) is 10.5. The molecule has 2 aliphatic rings. The molecule has 0 unspecified atom stereocenters. The van der Waals surface area contributed by atoms with Gasteiger partial charge in [-0.15, -0.1) is 0 Å². The second kappa shape index (κ2) is 7.21. The molecule has 3 atom stereocenters. The van der Waals surface area contributed by atoms with E-state index < -0.39 is 0 Å². The van der Waals surface area contributed by atoms with E-state index in [9.17, 15) is 5.11 Å². The molecule has 0 aromatic carbocycles. The van der Waals surface area contributed by atoms with E-state index in [0.29, 0.717) is 13.1 Å². The number of aromatic nitrogens is 2. The minimum atomic E-state index is -0.336. The molecule has 1 N–H and O–H groups in total. The number of aliphatic hydroxyl groups is 1. The third kappa shape index (κ3) is 4.47. The third-order valence-corrected chi connectivity index (χ3v) is 4.58. The van der Waals surface area contributed by atoms with Gasteiger partial charge in [-0.1, -0.05) is 0 Å². The van der Waals surface area contributed by atoms with Gasteiger partial charge in [0.05, 0.1) is 24.0 Å².